The molecule has 19 heavy (non-hydrogen) atoms. The second kappa shape index (κ2) is 5.87. The molecular formula is C11H13N3O4S. The maximum Gasteiger partial charge on any atom is 0.313 e. The van der Waals surface area contributed by atoms with Gasteiger partial charge in [-0.15, -0.1) is 0 Å². The number of carboxylic acids is 1. The SMILES string of the molecule is O=C(O)CSc1nc(=O)ccn1CC(=O)NC1CC1. The van der Waals surface area contributed by atoms with Crippen LogP contribution in [0.3, 0.4) is 0 Å². The molecule has 0 unspecified atom stereocenters. The lowest BCUT2D eigenvalue weighted by molar-refractivity contribution is -0.133. The van der Waals surface area contributed by atoms with E-state index in [9.17, 15) is 14.4 Å². The molecule has 2 rings (SSSR count). The Morgan fingerprint density at radius 3 is 2.89 bits per heavy atom. The topological polar surface area (TPSA) is 101 Å². The van der Waals surface area contributed by atoms with Gasteiger partial charge in [0.25, 0.3) is 5.56 Å². The zero-order valence-corrected chi connectivity index (χ0v) is 10.9. The zero-order valence-electron chi connectivity index (χ0n) is 10.0. The Balaban J connectivity index is 2.06. The third-order valence-corrected chi connectivity index (χ3v) is 3.41. The van der Waals surface area contributed by atoms with Crippen molar-refractivity contribution in [2.45, 2.75) is 30.6 Å². The Kier molecular flexibility index (Phi) is 4.20. The number of aliphatic carboxylic acids is 1. The van der Waals surface area contributed by atoms with Gasteiger partial charge in [0.05, 0.1) is 5.75 Å². The Hall–Kier alpha value is -1.83. The summed E-state index contributed by atoms with van der Waals surface area (Å²) in [7, 11) is 0. The number of hydrogen-bond donors (Lipinski definition) is 2. The van der Waals surface area contributed by atoms with E-state index in [2.05, 4.69) is 10.3 Å². The number of nitrogens with zero attached hydrogens (tertiary/aromatic N) is 2. The minimum atomic E-state index is -1.00. The lowest BCUT2D eigenvalue weighted by atomic mass is 10.5. The van der Waals surface area contributed by atoms with Gasteiger partial charge in [-0.05, 0) is 12.8 Å². The highest BCUT2D eigenvalue weighted by Gasteiger charge is 2.23. The molecule has 0 saturated heterocycles. The van der Waals surface area contributed by atoms with Crippen LogP contribution in [0.15, 0.2) is 22.2 Å². The predicted octanol–water partition coefficient (Wildman–Crippen LogP) is -0.301. The standard InChI is InChI=1S/C11H13N3O4S/c15-8-3-4-14(5-9(16)12-7-1-2-7)11(13-8)19-6-10(17)18/h3-4,7H,1-2,5-6H2,(H,12,16)(H,17,18). The average Bonchev–Trinajstić information content (AvgIpc) is 3.13. The van der Waals surface area contributed by atoms with Crippen molar-refractivity contribution in [3.05, 3.63) is 22.6 Å². The van der Waals surface area contributed by atoms with E-state index in [1.807, 2.05) is 0 Å². The molecule has 0 radical (unpaired) electrons. The van der Waals surface area contributed by atoms with E-state index in [-0.39, 0.29) is 29.4 Å². The van der Waals surface area contributed by atoms with Crippen molar-refractivity contribution < 1.29 is 14.7 Å². The van der Waals surface area contributed by atoms with Gasteiger partial charge in [-0.3, -0.25) is 14.4 Å². The van der Waals surface area contributed by atoms with Crippen LogP contribution in [0, 0.1) is 0 Å². The number of thioether (sulfide) groups is 1. The molecule has 8 heteroatoms. The quantitative estimate of drug-likeness (QED) is 0.549. The van der Waals surface area contributed by atoms with Gasteiger partial charge in [-0.25, -0.2) is 0 Å². The summed E-state index contributed by atoms with van der Waals surface area (Å²) in [6.45, 7) is 0.0335. The van der Waals surface area contributed by atoms with Gasteiger partial charge in [0.1, 0.15) is 6.54 Å². The third-order valence-electron chi connectivity index (χ3n) is 2.43. The monoisotopic (exact) mass is 283 g/mol. The van der Waals surface area contributed by atoms with Crippen molar-refractivity contribution in [2.75, 3.05) is 5.75 Å². The van der Waals surface area contributed by atoms with Gasteiger partial charge in [-0.2, -0.15) is 4.98 Å². The Morgan fingerprint density at radius 2 is 2.26 bits per heavy atom. The summed E-state index contributed by atoms with van der Waals surface area (Å²) in [5.41, 5.74) is -0.452. The van der Waals surface area contributed by atoms with Crippen LogP contribution >= 0.6 is 11.8 Å². The van der Waals surface area contributed by atoms with Crippen molar-refractivity contribution in [3.63, 3.8) is 0 Å². The highest BCUT2D eigenvalue weighted by Crippen LogP contribution is 2.19. The molecule has 1 aromatic heterocycles. The highest BCUT2D eigenvalue weighted by molar-refractivity contribution is 7.99. The molecule has 0 atom stereocenters. The number of carbonyl (C=O) groups is 2. The predicted molar refractivity (Wildman–Crippen MR) is 68.0 cm³/mol. The van der Waals surface area contributed by atoms with Crippen molar-refractivity contribution in [1.29, 1.82) is 0 Å². The van der Waals surface area contributed by atoms with Gasteiger partial charge in [0.2, 0.25) is 5.91 Å². The first-order chi connectivity index (χ1) is 9.04. The van der Waals surface area contributed by atoms with Crippen molar-refractivity contribution in [1.82, 2.24) is 14.9 Å². The maximum absolute atomic E-state index is 11.7. The molecule has 1 amide bonds. The van der Waals surface area contributed by atoms with Crippen LogP contribution in [0.1, 0.15) is 12.8 Å². The van der Waals surface area contributed by atoms with Crippen LogP contribution in [0.2, 0.25) is 0 Å². The fourth-order valence-electron chi connectivity index (χ4n) is 1.43. The molecule has 1 heterocycles. The second-order valence-corrected chi connectivity index (χ2v) is 5.14. The molecule has 102 valence electrons. The van der Waals surface area contributed by atoms with Crippen LogP contribution < -0.4 is 10.9 Å². The summed E-state index contributed by atoms with van der Waals surface area (Å²) >= 11 is 0.918. The summed E-state index contributed by atoms with van der Waals surface area (Å²) in [6.07, 6.45) is 3.44. The van der Waals surface area contributed by atoms with Crippen LogP contribution in [-0.4, -0.2) is 38.3 Å². The summed E-state index contributed by atoms with van der Waals surface area (Å²) in [4.78, 5) is 37.1. The first-order valence-corrected chi connectivity index (χ1v) is 6.74. The molecule has 1 aliphatic rings. The number of rotatable bonds is 6. The van der Waals surface area contributed by atoms with Crippen LogP contribution in [0.5, 0.6) is 0 Å². The molecule has 0 aromatic carbocycles. The molecular weight excluding hydrogens is 270 g/mol. The first-order valence-electron chi connectivity index (χ1n) is 5.76. The Morgan fingerprint density at radius 1 is 1.53 bits per heavy atom. The lowest BCUT2D eigenvalue weighted by Crippen LogP contribution is -2.30. The first kappa shape index (κ1) is 13.6. The number of amides is 1. The van der Waals surface area contributed by atoms with Gasteiger partial charge >= 0.3 is 5.97 Å². The van der Waals surface area contributed by atoms with Gasteiger partial charge in [0.15, 0.2) is 5.16 Å². The van der Waals surface area contributed by atoms with E-state index in [4.69, 9.17) is 5.11 Å². The molecule has 7 nitrogen and oxygen atoms in total. The maximum atomic E-state index is 11.7. The van der Waals surface area contributed by atoms with E-state index in [1.165, 1.54) is 16.8 Å². The van der Waals surface area contributed by atoms with E-state index >= 15 is 0 Å². The molecule has 1 saturated carbocycles. The van der Waals surface area contributed by atoms with Crippen molar-refractivity contribution in [2.24, 2.45) is 0 Å². The molecule has 0 bridgehead atoms. The van der Waals surface area contributed by atoms with E-state index in [1.54, 1.807) is 0 Å². The lowest BCUT2D eigenvalue weighted by Gasteiger charge is -2.10. The van der Waals surface area contributed by atoms with Gasteiger partial charge in [-0.1, -0.05) is 11.8 Å². The number of aromatic nitrogens is 2. The van der Waals surface area contributed by atoms with Crippen molar-refractivity contribution >= 4 is 23.6 Å². The molecule has 0 spiro atoms. The summed E-state index contributed by atoms with van der Waals surface area (Å²) in [6, 6.07) is 1.50. The minimum absolute atomic E-state index is 0.0335. The van der Waals surface area contributed by atoms with Gasteiger partial charge < -0.3 is 15.0 Å². The minimum Gasteiger partial charge on any atom is -0.481 e. The number of carbonyl (C=O) groups excluding carboxylic acids is 1. The molecule has 1 aliphatic carbocycles. The van der Waals surface area contributed by atoms with Crippen LogP contribution in [0.4, 0.5) is 0 Å². The second-order valence-electron chi connectivity index (χ2n) is 4.20. The summed E-state index contributed by atoms with van der Waals surface area (Å²) in [5, 5.41) is 11.7. The molecule has 2 N–H and O–H groups in total. The molecule has 0 aliphatic heterocycles. The number of carboxylic acid groups (broad SMARTS) is 1. The smallest absolute Gasteiger partial charge is 0.313 e. The summed E-state index contributed by atoms with van der Waals surface area (Å²) < 4.78 is 1.48. The molecule has 1 fully saturated rings. The fraction of sp³-hybridized carbons (Fsp3) is 0.455. The average molecular weight is 283 g/mol. The van der Waals surface area contributed by atoms with Gasteiger partial charge in [0, 0.05) is 18.3 Å². The largest absolute Gasteiger partial charge is 0.481 e. The Labute approximate surface area is 113 Å². The fourth-order valence-corrected chi connectivity index (χ4v) is 2.13. The van der Waals surface area contributed by atoms with Crippen LogP contribution in [0.25, 0.3) is 0 Å². The third kappa shape index (κ3) is 4.40. The number of nitrogens with one attached hydrogen (secondary N) is 1. The van der Waals surface area contributed by atoms with E-state index < -0.39 is 11.5 Å². The number of hydrogen-bond acceptors (Lipinski definition) is 5. The molecule has 1 aromatic rings. The van der Waals surface area contributed by atoms with E-state index in [0.717, 1.165) is 24.6 Å². The summed E-state index contributed by atoms with van der Waals surface area (Å²) in [5.74, 6) is -1.37. The Bertz CT molecular complexity index is 553. The van der Waals surface area contributed by atoms with E-state index in [0.29, 0.717) is 0 Å². The van der Waals surface area contributed by atoms with Crippen LogP contribution in [-0.2, 0) is 16.1 Å². The normalized spacial score (nSPS) is 14.1. The van der Waals surface area contributed by atoms with Crippen molar-refractivity contribution in [3.8, 4) is 0 Å². The zero-order chi connectivity index (χ0) is 13.8. The highest BCUT2D eigenvalue weighted by atomic mass is 32.2.